The number of hydrogen-bond donors (Lipinski definition) is 1. The number of rotatable bonds is 7. The zero-order valence-corrected chi connectivity index (χ0v) is 17.6. The van der Waals surface area contributed by atoms with Crippen LogP contribution < -0.4 is 14.8 Å². The molecule has 1 aliphatic heterocycles. The van der Waals surface area contributed by atoms with Crippen molar-refractivity contribution in [2.45, 2.75) is 51.4 Å². The molecule has 2 heterocycles. The fourth-order valence-corrected chi connectivity index (χ4v) is 3.04. The molecule has 0 aliphatic carbocycles. The predicted molar refractivity (Wildman–Crippen MR) is 104 cm³/mol. The normalized spacial score (nSPS) is 22.1. The van der Waals surface area contributed by atoms with Crippen molar-refractivity contribution in [2.24, 2.45) is 0 Å². The average Bonchev–Trinajstić information content (AvgIpc) is 2.75. The van der Waals surface area contributed by atoms with Gasteiger partial charge < -0.3 is 29.0 Å². The smallest absolute Gasteiger partial charge is 0.329 e. The number of ether oxygens (including phenoxy) is 5. The molecule has 0 aromatic carbocycles. The monoisotopic (exact) mass is 424 g/mol. The van der Waals surface area contributed by atoms with Crippen LogP contribution in [0, 0.1) is 0 Å². The highest BCUT2D eigenvalue weighted by molar-refractivity contribution is 5.98. The second-order valence-corrected chi connectivity index (χ2v) is 6.86. The van der Waals surface area contributed by atoms with Gasteiger partial charge in [0, 0.05) is 52.4 Å². The van der Waals surface area contributed by atoms with Crippen molar-refractivity contribution in [3.05, 3.63) is 18.0 Å². The van der Waals surface area contributed by atoms with Gasteiger partial charge in [0.1, 0.15) is 12.1 Å². The maximum atomic E-state index is 12.8. The van der Waals surface area contributed by atoms with E-state index < -0.39 is 23.9 Å². The first-order chi connectivity index (χ1) is 14.3. The van der Waals surface area contributed by atoms with Crippen LogP contribution in [0.25, 0.3) is 0 Å². The van der Waals surface area contributed by atoms with Crippen LogP contribution in [0.5, 0.6) is 11.5 Å². The largest absolute Gasteiger partial charge is 0.493 e. The molecular weight excluding hydrogens is 396 g/mol. The first-order valence-electron chi connectivity index (χ1n) is 9.69. The highest BCUT2D eigenvalue weighted by Crippen LogP contribution is 2.29. The summed E-state index contributed by atoms with van der Waals surface area (Å²) in [6.07, 6.45) is 2.27. The van der Waals surface area contributed by atoms with Crippen LogP contribution >= 0.6 is 0 Å². The molecule has 1 fully saturated rings. The molecular formula is C20H28N2O8. The predicted octanol–water partition coefficient (Wildman–Crippen LogP) is 1.26. The summed E-state index contributed by atoms with van der Waals surface area (Å²) in [5.74, 6) is -1.86. The summed E-state index contributed by atoms with van der Waals surface area (Å²) in [5, 5.41) is 2.60. The van der Waals surface area contributed by atoms with Gasteiger partial charge in [0.05, 0.1) is 13.2 Å². The maximum absolute atomic E-state index is 12.8. The minimum absolute atomic E-state index is 0.113. The first-order valence-corrected chi connectivity index (χ1v) is 9.69. The minimum atomic E-state index is -0.945. The number of hydrogen-bond acceptors (Lipinski definition) is 9. The lowest BCUT2D eigenvalue weighted by Crippen LogP contribution is -2.43. The molecule has 0 radical (unpaired) electrons. The Balaban J connectivity index is 2.15. The number of amides is 1. The van der Waals surface area contributed by atoms with Gasteiger partial charge in [-0.05, 0) is 13.3 Å². The van der Waals surface area contributed by atoms with Crippen molar-refractivity contribution in [1.82, 2.24) is 10.3 Å². The molecule has 166 valence electrons. The van der Waals surface area contributed by atoms with Crippen LogP contribution in [0.15, 0.2) is 12.3 Å². The molecule has 1 aromatic rings. The van der Waals surface area contributed by atoms with Crippen molar-refractivity contribution in [3.8, 4) is 11.5 Å². The lowest BCUT2D eigenvalue weighted by molar-refractivity contribution is -0.151. The number of nitrogens with one attached hydrogen (secondary N) is 1. The Morgan fingerprint density at radius 3 is 2.77 bits per heavy atom. The fourth-order valence-electron chi connectivity index (χ4n) is 3.04. The maximum Gasteiger partial charge on any atom is 0.329 e. The van der Waals surface area contributed by atoms with Crippen molar-refractivity contribution >= 4 is 17.8 Å². The highest BCUT2D eigenvalue weighted by Gasteiger charge is 2.30. The summed E-state index contributed by atoms with van der Waals surface area (Å²) in [4.78, 5) is 40.8. The summed E-state index contributed by atoms with van der Waals surface area (Å²) in [6, 6.07) is 0.512. The van der Waals surface area contributed by atoms with E-state index in [1.165, 1.54) is 26.3 Å². The van der Waals surface area contributed by atoms with Crippen LogP contribution in [-0.4, -0.2) is 68.5 Å². The molecule has 2 rings (SSSR count). The molecule has 3 atom stereocenters. The van der Waals surface area contributed by atoms with Gasteiger partial charge in [-0.2, -0.15) is 0 Å². The number of methoxy groups -OCH3 is 2. The summed E-state index contributed by atoms with van der Waals surface area (Å²) >= 11 is 0. The molecule has 30 heavy (non-hydrogen) atoms. The third-order valence-corrected chi connectivity index (χ3v) is 4.46. The van der Waals surface area contributed by atoms with E-state index in [4.69, 9.17) is 23.7 Å². The highest BCUT2D eigenvalue weighted by atomic mass is 16.6. The van der Waals surface area contributed by atoms with Crippen LogP contribution in [0.3, 0.4) is 0 Å². The molecule has 0 spiro atoms. The van der Waals surface area contributed by atoms with Crippen molar-refractivity contribution < 1.29 is 38.1 Å². The Labute approximate surface area is 175 Å². The van der Waals surface area contributed by atoms with E-state index in [9.17, 15) is 14.4 Å². The first kappa shape index (κ1) is 23.6. The van der Waals surface area contributed by atoms with Crippen LogP contribution in [0.1, 0.15) is 43.6 Å². The third-order valence-electron chi connectivity index (χ3n) is 4.46. The Hall–Kier alpha value is -2.72. The van der Waals surface area contributed by atoms with Gasteiger partial charge in [-0.15, -0.1) is 0 Å². The van der Waals surface area contributed by atoms with E-state index in [1.54, 1.807) is 14.0 Å². The average molecular weight is 424 g/mol. The number of cyclic esters (lactones) is 1. The minimum Gasteiger partial charge on any atom is -0.493 e. The van der Waals surface area contributed by atoms with Crippen LogP contribution in [0.2, 0.25) is 0 Å². The molecule has 0 bridgehead atoms. The Bertz CT molecular complexity index is 754. The molecule has 1 saturated heterocycles. The van der Waals surface area contributed by atoms with E-state index in [1.807, 2.05) is 0 Å². The Kier molecular flexibility index (Phi) is 9.00. The fraction of sp³-hybridized carbons (Fsp3) is 0.600. The second kappa shape index (κ2) is 11.5. The quantitative estimate of drug-likeness (QED) is 0.645. The standard InChI is InChI=1S/C20H28N2O8/c1-12-11-14(6-9-26-3)28-10-7-15(20(25)29-12)22-19(24)17-18(30-13(2)23)16(27-4)5-8-21-17/h5,8,12,14-15H,6-7,9-11H2,1-4H3,(H,22,24)/t12?,14?,15-/m0/s1. The molecule has 1 N–H and O–H groups in total. The molecule has 0 saturated carbocycles. The lowest BCUT2D eigenvalue weighted by atomic mass is 10.1. The molecule has 1 aromatic heterocycles. The zero-order valence-electron chi connectivity index (χ0n) is 17.6. The van der Waals surface area contributed by atoms with Crippen molar-refractivity contribution in [2.75, 3.05) is 27.4 Å². The third kappa shape index (κ3) is 6.67. The van der Waals surface area contributed by atoms with E-state index in [0.717, 1.165) is 0 Å². The summed E-state index contributed by atoms with van der Waals surface area (Å²) in [6.45, 7) is 3.76. The van der Waals surface area contributed by atoms with Crippen LogP contribution in [-0.2, 0) is 23.8 Å². The summed E-state index contributed by atoms with van der Waals surface area (Å²) < 4.78 is 26.6. The summed E-state index contributed by atoms with van der Waals surface area (Å²) in [7, 11) is 2.99. The van der Waals surface area contributed by atoms with Gasteiger partial charge in [-0.25, -0.2) is 9.78 Å². The number of esters is 2. The number of nitrogens with zero attached hydrogens (tertiary/aromatic N) is 1. The number of pyridine rings is 1. The zero-order chi connectivity index (χ0) is 22.1. The van der Waals surface area contributed by atoms with Gasteiger partial charge in [0.25, 0.3) is 5.91 Å². The van der Waals surface area contributed by atoms with Gasteiger partial charge in [-0.1, -0.05) is 0 Å². The van der Waals surface area contributed by atoms with Gasteiger partial charge in [-0.3, -0.25) is 9.59 Å². The van der Waals surface area contributed by atoms with Gasteiger partial charge in [0.15, 0.2) is 11.4 Å². The van der Waals surface area contributed by atoms with Gasteiger partial charge >= 0.3 is 11.9 Å². The van der Waals surface area contributed by atoms with Crippen molar-refractivity contribution in [3.63, 3.8) is 0 Å². The SMILES string of the molecule is COCCC1CC(C)OC(=O)[C@@H](NC(=O)c2nccc(OC)c2OC(C)=O)CCO1. The molecule has 10 nitrogen and oxygen atoms in total. The van der Waals surface area contributed by atoms with E-state index in [-0.39, 0.29) is 42.4 Å². The number of carbonyl (C=O) groups is 3. The lowest BCUT2D eigenvalue weighted by Gasteiger charge is -2.20. The second-order valence-electron chi connectivity index (χ2n) is 6.86. The molecule has 1 amide bonds. The molecule has 1 aliphatic rings. The van der Waals surface area contributed by atoms with Crippen LogP contribution in [0.4, 0.5) is 0 Å². The Morgan fingerprint density at radius 2 is 2.10 bits per heavy atom. The van der Waals surface area contributed by atoms with E-state index >= 15 is 0 Å². The molecule has 2 unspecified atom stereocenters. The number of aromatic nitrogens is 1. The van der Waals surface area contributed by atoms with Gasteiger partial charge in [0.2, 0.25) is 5.75 Å². The van der Waals surface area contributed by atoms with E-state index in [0.29, 0.717) is 19.4 Å². The topological polar surface area (TPSA) is 122 Å². The molecule has 10 heteroatoms. The van der Waals surface area contributed by atoms with Crippen molar-refractivity contribution in [1.29, 1.82) is 0 Å². The summed E-state index contributed by atoms with van der Waals surface area (Å²) in [5.41, 5.74) is -0.177. The Morgan fingerprint density at radius 1 is 1.33 bits per heavy atom. The van der Waals surface area contributed by atoms with E-state index in [2.05, 4.69) is 10.3 Å². The number of carbonyl (C=O) groups excluding carboxylic acids is 3.